The zero-order valence-electron chi connectivity index (χ0n) is 19.1. The first kappa shape index (κ1) is 26.8. The molecule has 0 N–H and O–H groups in total. The number of alkyl halides is 2. The Morgan fingerprint density at radius 3 is 2.53 bits per heavy atom. The van der Waals surface area contributed by atoms with E-state index in [9.17, 15) is 21.8 Å². The molecule has 0 atom stereocenters. The molecule has 0 aliphatic carbocycles. The number of hydrogen-bond donors (Lipinski definition) is 0. The fourth-order valence-corrected chi connectivity index (χ4v) is 4.72. The molecule has 0 radical (unpaired) electrons. The van der Waals surface area contributed by atoms with Gasteiger partial charge in [0.1, 0.15) is 15.8 Å². The van der Waals surface area contributed by atoms with E-state index < -0.39 is 22.2 Å². The van der Waals surface area contributed by atoms with Gasteiger partial charge in [-0.3, -0.25) is 4.68 Å². The quantitative estimate of drug-likeness (QED) is 0.255. The van der Waals surface area contributed by atoms with Crippen LogP contribution in [0.25, 0.3) is 33.8 Å². The molecule has 0 bridgehead atoms. The van der Waals surface area contributed by atoms with Gasteiger partial charge in [0.2, 0.25) is 0 Å². The number of aryl methyl sites for hydroxylation is 2. The summed E-state index contributed by atoms with van der Waals surface area (Å²) in [5.41, 5.74) is 2.62. The van der Waals surface area contributed by atoms with E-state index in [-0.39, 0.29) is 46.8 Å². The summed E-state index contributed by atoms with van der Waals surface area (Å²) in [7, 11) is -2.90. The van der Waals surface area contributed by atoms with Crippen molar-refractivity contribution in [2.45, 2.75) is 19.0 Å². The molecule has 0 saturated heterocycles. The minimum absolute atomic E-state index is 0. The number of aromatic nitrogens is 3. The molecular formula is C22H15BrF2N3NaO6S. The Kier molecular flexibility index (Phi) is 7.09. The molecule has 2 aromatic heterocycles. The maximum absolute atomic E-state index is 13.5. The maximum atomic E-state index is 13.5. The smallest absolute Gasteiger partial charge is 0.748 e. The minimum atomic E-state index is -4.52. The minimum Gasteiger partial charge on any atom is -0.748 e. The third kappa shape index (κ3) is 5.36. The van der Waals surface area contributed by atoms with Crippen LogP contribution in [0.4, 0.5) is 8.78 Å². The molecule has 14 heteroatoms. The number of fused-ring (bicyclic) bond motifs is 1. The van der Waals surface area contributed by atoms with Gasteiger partial charge >= 0.3 is 35.9 Å². The van der Waals surface area contributed by atoms with Crippen LogP contribution in [0.2, 0.25) is 0 Å². The van der Waals surface area contributed by atoms with Crippen LogP contribution in [0.3, 0.4) is 0 Å². The summed E-state index contributed by atoms with van der Waals surface area (Å²) in [6.07, 6.45) is -3.75. The summed E-state index contributed by atoms with van der Waals surface area (Å²) in [4.78, 5) is 4.45. The molecule has 1 aliphatic rings. The SMILES string of the molecule is Cc1nc(-c2ccc3c(c2)OC(F)(F)O3)c(-c2cc(Br)ccc2-c2cc(CS(=O)(=O)[O-])nn2C)o1.[Na+]. The predicted molar refractivity (Wildman–Crippen MR) is 122 cm³/mol. The van der Waals surface area contributed by atoms with Crippen molar-refractivity contribution in [3.63, 3.8) is 0 Å². The second-order valence-corrected chi connectivity index (χ2v) is 10.1. The van der Waals surface area contributed by atoms with E-state index >= 15 is 0 Å². The summed E-state index contributed by atoms with van der Waals surface area (Å²) in [6, 6.07) is 11.1. The van der Waals surface area contributed by atoms with Crippen LogP contribution in [0, 0.1) is 6.92 Å². The van der Waals surface area contributed by atoms with Crippen molar-refractivity contribution in [3.05, 3.63) is 58.5 Å². The van der Waals surface area contributed by atoms with Gasteiger partial charge < -0.3 is 18.4 Å². The van der Waals surface area contributed by atoms with Gasteiger partial charge in [-0.15, -0.1) is 8.78 Å². The van der Waals surface area contributed by atoms with Crippen molar-refractivity contribution >= 4 is 26.0 Å². The fourth-order valence-electron chi connectivity index (χ4n) is 3.86. The van der Waals surface area contributed by atoms with Crippen LogP contribution in [0.1, 0.15) is 11.6 Å². The molecule has 3 heterocycles. The number of rotatable bonds is 5. The van der Waals surface area contributed by atoms with Crippen LogP contribution in [-0.2, 0) is 22.9 Å². The van der Waals surface area contributed by atoms with Crippen LogP contribution < -0.4 is 39.0 Å². The molecule has 0 amide bonds. The molecule has 0 unspecified atom stereocenters. The monoisotopic (exact) mass is 589 g/mol. The van der Waals surface area contributed by atoms with Gasteiger partial charge in [0.15, 0.2) is 23.1 Å². The summed E-state index contributed by atoms with van der Waals surface area (Å²) < 4.78 is 77.8. The normalized spacial score (nSPS) is 14.1. The van der Waals surface area contributed by atoms with Crippen LogP contribution >= 0.6 is 15.9 Å². The van der Waals surface area contributed by atoms with Gasteiger partial charge in [0, 0.05) is 35.1 Å². The van der Waals surface area contributed by atoms with Crippen molar-refractivity contribution in [2.24, 2.45) is 7.05 Å². The van der Waals surface area contributed by atoms with Gasteiger partial charge in [0.05, 0.1) is 17.1 Å². The molecule has 36 heavy (non-hydrogen) atoms. The number of nitrogens with zero attached hydrogens (tertiary/aromatic N) is 3. The first-order valence-electron chi connectivity index (χ1n) is 10.0. The summed E-state index contributed by atoms with van der Waals surface area (Å²) in [5, 5.41) is 4.15. The van der Waals surface area contributed by atoms with Crippen LogP contribution in [-0.4, -0.2) is 34.0 Å². The van der Waals surface area contributed by atoms with E-state index in [1.165, 1.54) is 22.9 Å². The first-order chi connectivity index (χ1) is 16.4. The molecular weight excluding hydrogens is 575 g/mol. The second-order valence-electron chi connectivity index (χ2n) is 7.78. The summed E-state index contributed by atoms with van der Waals surface area (Å²) in [5.74, 6) is -0.319. The van der Waals surface area contributed by atoms with Crippen LogP contribution in [0.15, 0.2) is 51.4 Å². The molecule has 0 spiro atoms. The van der Waals surface area contributed by atoms with Gasteiger partial charge in [-0.2, -0.15) is 5.10 Å². The third-order valence-corrected chi connectivity index (χ3v) is 6.31. The Morgan fingerprint density at radius 2 is 1.81 bits per heavy atom. The van der Waals surface area contributed by atoms with E-state index in [1.807, 2.05) is 0 Å². The van der Waals surface area contributed by atoms with E-state index in [0.29, 0.717) is 44.2 Å². The van der Waals surface area contributed by atoms with E-state index in [2.05, 4.69) is 35.5 Å². The van der Waals surface area contributed by atoms with Gasteiger partial charge in [0.25, 0.3) is 0 Å². The van der Waals surface area contributed by atoms with E-state index in [0.717, 1.165) is 0 Å². The number of oxazole rings is 1. The zero-order chi connectivity index (χ0) is 25.1. The largest absolute Gasteiger partial charge is 1.00 e. The predicted octanol–water partition coefficient (Wildman–Crippen LogP) is 1.85. The molecule has 2 aromatic carbocycles. The van der Waals surface area contributed by atoms with Crippen molar-refractivity contribution in [2.75, 3.05) is 0 Å². The molecule has 9 nitrogen and oxygen atoms in total. The van der Waals surface area contributed by atoms with Crippen molar-refractivity contribution in [1.82, 2.24) is 14.8 Å². The number of benzene rings is 2. The third-order valence-electron chi connectivity index (χ3n) is 5.17. The Bertz CT molecular complexity index is 1590. The Hall–Kier alpha value is -2.29. The fraction of sp³-hybridized carbons (Fsp3) is 0.182. The van der Waals surface area contributed by atoms with Crippen molar-refractivity contribution < 1.29 is 65.2 Å². The molecule has 182 valence electrons. The topological polar surface area (TPSA) is 120 Å². The molecule has 4 aromatic rings. The summed E-state index contributed by atoms with van der Waals surface area (Å²) >= 11 is 3.45. The zero-order valence-corrected chi connectivity index (χ0v) is 23.5. The van der Waals surface area contributed by atoms with Gasteiger partial charge in [-0.1, -0.05) is 22.0 Å². The Morgan fingerprint density at radius 1 is 1.08 bits per heavy atom. The number of hydrogen-bond acceptors (Lipinski definition) is 8. The van der Waals surface area contributed by atoms with Crippen LogP contribution in [0.5, 0.6) is 11.5 Å². The van der Waals surface area contributed by atoms with Crippen molar-refractivity contribution in [1.29, 1.82) is 0 Å². The number of halogens is 3. The standard InChI is InChI=1S/C22H16BrF2N3O6S.Na/c1-11-26-20(12-3-6-18-19(7-12)34-22(24,25)33-18)21(32-11)16-8-13(23)4-5-15(16)17-9-14(27-28(17)2)10-35(29,30)31;/h3-9H,10H2,1-2H3,(H,29,30,31);/q;+1/p-1. The van der Waals surface area contributed by atoms with E-state index in [1.54, 1.807) is 38.2 Å². The van der Waals surface area contributed by atoms with Gasteiger partial charge in [-0.05, 0) is 36.4 Å². The second kappa shape index (κ2) is 9.54. The Labute approximate surface area is 234 Å². The number of ether oxygens (including phenoxy) is 2. The van der Waals surface area contributed by atoms with Crippen molar-refractivity contribution in [3.8, 4) is 45.3 Å². The maximum Gasteiger partial charge on any atom is 1.00 e. The Balaban J connectivity index is 0.00000304. The summed E-state index contributed by atoms with van der Waals surface area (Å²) in [6.45, 7) is 1.65. The average Bonchev–Trinajstić information content (AvgIpc) is 3.39. The molecule has 1 aliphatic heterocycles. The van der Waals surface area contributed by atoms with Gasteiger partial charge in [-0.25, -0.2) is 13.4 Å². The first-order valence-corrected chi connectivity index (χ1v) is 12.4. The molecule has 0 fully saturated rings. The molecule has 0 saturated carbocycles. The average molecular weight is 590 g/mol. The molecule has 5 rings (SSSR count). The van der Waals surface area contributed by atoms with E-state index in [4.69, 9.17) is 4.42 Å².